The Morgan fingerprint density at radius 1 is 0.333 bits per heavy atom. The molecule has 0 atom stereocenters. The Hall–Kier alpha value is -5.38. The lowest BCUT2D eigenvalue weighted by Gasteiger charge is -2.21. The molecular weight excluding hydrogens is 535 g/mol. The molecule has 0 aromatic heterocycles. The van der Waals surface area contributed by atoms with Gasteiger partial charge in [0.05, 0.1) is 33.4 Å². The van der Waals surface area contributed by atoms with Crippen molar-refractivity contribution in [3.05, 3.63) is 158 Å². The number of rotatable bonds is 10. The SMILES string of the molecule is O=[P](c1cccc(Nc2ccccc2)c1Nc1ccccc1)c1cccc(Nc2ccccc2)c1Nc1ccccc1. The number of hydrogen-bond donors (Lipinski definition) is 4. The minimum atomic E-state index is -2.04. The highest BCUT2D eigenvalue weighted by Crippen LogP contribution is 2.38. The van der Waals surface area contributed by atoms with Crippen LogP contribution in [0.3, 0.4) is 0 Å². The fourth-order valence-electron chi connectivity index (χ4n) is 4.71. The fourth-order valence-corrected chi connectivity index (χ4v) is 6.17. The molecule has 0 unspecified atom stereocenters. The zero-order chi connectivity index (χ0) is 28.6. The van der Waals surface area contributed by atoms with Gasteiger partial charge in [-0.25, -0.2) is 0 Å². The number of benzene rings is 6. The molecule has 0 aliphatic carbocycles. The molecule has 0 heterocycles. The van der Waals surface area contributed by atoms with E-state index in [2.05, 4.69) is 21.3 Å². The smallest absolute Gasteiger partial charge is 0.141 e. The van der Waals surface area contributed by atoms with Crippen LogP contribution in [0, 0.1) is 0 Å². The third kappa shape index (κ3) is 6.33. The summed E-state index contributed by atoms with van der Waals surface area (Å²) in [4.78, 5) is 0. The van der Waals surface area contributed by atoms with Crippen molar-refractivity contribution in [2.45, 2.75) is 0 Å². The molecule has 6 aromatic rings. The van der Waals surface area contributed by atoms with Gasteiger partial charge in [0.2, 0.25) is 0 Å². The molecule has 0 bridgehead atoms. The standard InChI is InChI=1S/C36H30N4OP/c41-42(33-25-13-23-31(37-27-15-5-1-6-16-27)35(33)39-29-19-9-3-10-20-29)34-26-14-24-32(38-28-17-7-2-8-18-28)36(34)40-30-21-11-4-12-22-30/h1-26,37-40H. The van der Waals surface area contributed by atoms with Crippen LogP contribution in [-0.4, -0.2) is 0 Å². The molecule has 0 saturated heterocycles. The van der Waals surface area contributed by atoms with Crippen LogP contribution in [0.25, 0.3) is 0 Å². The van der Waals surface area contributed by atoms with Gasteiger partial charge in [-0.1, -0.05) is 84.9 Å². The van der Waals surface area contributed by atoms with Gasteiger partial charge in [0.15, 0.2) is 0 Å². The number of hydrogen-bond acceptors (Lipinski definition) is 5. The van der Waals surface area contributed by atoms with Crippen LogP contribution in [0.15, 0.2) is 158 Å². The van der Waals surface area contributed by atoms with Gasteiger partial charge in [-0.3, -0.25) is 4.57 Å². The zero-order valence-corrected chi connectivity index (χ0v) is 23.8. The van der Waals surface area contributed by atoms with E-state index in [4.69, 9.17) is 0 Å². The first kappa shape index (κ1) is 26.8. The molecule has 5 nitrogen and oxygen atoms in total. The van der Waals surface area contributed by atoms with Crippen molar-refractivity contribution in [3.8, 4) is 0 Å². The van der Waals surface area contributed by atoms with Gasteiger partial charge in [0.1, 0.15) is 7.80 Å². The maximum atomic E-state index is 14.7. The number of nitrogens with one attached hydrogen (secondary N) is 4. The average molecular weight is 566 g/mol. The highest BCUT2D eigenvalue weighted by molar-refractivity contribution is 7.62. The van der Waals surface area contributed by atoms with Crippen LogP contribution < -0.4 is 31.9 Å². The van der Waals surface area contributed by atoms with Gasteiger partial charge in [0, 0.05) is 22.7 Å². The summed E-state index contributed by atoms with van der Waals surface area (Å²) in [6, 6.07) is 51.6. The molecular formula is C36H30N4OP. The van der Waals surface area contributed by atoms with E-state index in [0.29, 0.717) is 10.6 Å². The van der Waals surface area contributed by atoms with Crippen LogP contribution in [0.1, 0.15) is 0 Å². The lowest BCUT2D eigenvalue weighted by molar-refractivity contribution is 0.598. The van der Waals surface area contributed by atoms with Crippen LogP contribution >= 0.6 is 7.80 Å². The molecule has 0 spiro atoms. The summed E-state index contributed by atoms with van der Waals surface area (Å²) in [6.07, 6.45) is 0. The van der Waals surface area contributed by atoms with E-state index in [1.165, 1.54) is 0 Å². The van der Waals surface area contributed by atoms with E-state index in [-0.39, 0.29) is 0 Å². The zero-order valence-electron chi connectivity index (χ0n) is 22.9. The molecule has 205 valence electrons. The van der Waals surface area contributed by atoms with Crippen molar-refractivity contribution >= 4 is 63.9 Å². The predicted octanol–water partition coefficient (Wildman–Crippen LogP) is 9.44. The molecule has 6 rings (SSSR count). The predicted molar refractivity (Wildman–Crippen MR) is 179 cm³/mol. The van der Waals surface area contributed by atoms with E-state index >= 15 is 0 Å². The van der Waals surface area contributed by atoms with E-state index in [1.807, 2.05) is 158 Å². The molecule has 42 heavy (non-hydrogen) atoms. The van der Waals surface area contributed by atoms with E-state index in [9.17, 15) is 4.57 Å². The Labute approximate surface area is 247 Å². The second-order valence-corrected chi connectivity index (χ2v) is 11.2. The summed E-state index contributed by atoms with van der Waals surface area (Å²) in [6.45, 7) is 0. The molecule has 0 aliphatic rings. The molecule has 0 aliphatic heterocycles. The quantitative estimate of drug-likeness (QED) is 0.125. The molecule has 0 saturated carbocycles. The van der Waals surface area contributed by atoms with Gasteiger partial charge < -0.3 is 21.3 Å². The summed E-state index contributed by atoms with van der Waals surface area (Å²) in [5.41, 5.74) is 6.91. The molecule has 6 heteroatoms. The van der Waals surface area contributed by atoms with Gasteiger partial charge >= 0.3 is 0 Å². The maximum Gasteiger partial charge on any atom is 0.141 e. The lowest BCUT2D eigenvalue weighted by atomic mass is 10.2. The van der Waals surface area contributed by atoms with Gasteiger partial charge in [-0.2, -0.15) is 0 Å². The summed E-state index contributed by atoms with van der Waals surface area (Å²) in [5, 5.41) is 15.5. The topological polar surface area (TPSA) is 65.2 Å². The molecule has 1 radical (unpaired) electrons. The number of anilines is 8. The normalized spacial score (nSPS) is 10.5. The third-order valence-electron chi connectivity index (χ3n) is 6.71. The average Bonchev–Trinajstić information content (AvgIpc) is 3.04. The second-order valence-electron chi connectivity index (χ2n) is 9.66. The molecule has 0 amide bonds. The Kier molecular flexibility index (Phi) is 8.21. The van der Waals surface area contributed by atoms with E-state index in [0.717, 1.165) is 45.5 Å². The minimum Gasteiger partial charge on any atom is -0.354 e. The van der Waals surface area contributed by atoms with Crippen molar-refractivity contribution in [1.29, 1.82) is 0 Å². The van der Waals surface area contributed by atoms with Crippen LogP contribution in [-0.2, 0) is 4.57 Å². The first-order valence-corrected chi connectivity index (χ1v) is 15.0. The van der Waals surface area contributed by atoms with E-state index < -0.39 is 7.80 Å². The summed E-state index contributed by atoms with van der Waals surface area (Å²) in [5.74, 6) is 0. The van der Waals surface area contributed by atoms with E-state index in [1.54, 1.807) is 0 Å². The molecule has 4 N–H and O–H groups in total. The molecule has 0 fully saturated rings. The van der Waals surface area contributed by atoms with Crippen molar-refractivity contribution < 1.29 is 4.57 Å². The Balaban J connectivity index is 1.46. The Morgan fingerprint density at radius 3 is 0.976 bits per heavy atom. The van der Waals surface area contributed by atoms with Gasteiger partial charge in [-0.05, 0) is 72.8 Å². The highest BCUT2D eigenvalue weighted by atomic mass is 31.1. The Bertz CT molecular complexity index is 1650. The Morgan fingerprint density at radius 2 is 0.643 bits per heavy atom. The minimum absolute atomic E-state index is 0.697. The lowest BCUT2D eigenvalue weighted by Crippen LogP contribution is -2.16. The van der Waals surface area contributed by atoms with Crippen molar-refractivity contribution in [1.82, 2.24) is 0 Å². The fraction of sp³-hybridized carbons (Fsp3) is 0. The van der Waals surface area contributed by atoms with Crippen molar-refractivity contribution in [3.63, 3.8) is 0 Å². The van der Waals surface area contributed by atoms with Crippen LogP contribution in [0.2, 0.25) is 0 Å². The summed E-state index contributed by atoms with van der Waals surface area (Å²) in [7, 11) is -2.04. The van der Waals surface area contributed by atoms with Gasteiger partial charge in [0.25, 0.3) is 0 Å². The first-order chi connectivity index (χ1) is 20.7. The first-order valence-electron chi connectivity index (χ1n) is 13.8. The van der Waals surface area contributed by atoms with Crippen molar-refractivity contribution in [2.24, 2.45) is 0 Å². The third-order valence-corrected chi connectivity index (χ3v) is 8.33. The summed E-state index contributed by atoms with van der Waals surface area (Å²) >= 11 is 0. The van der Waals surface area contributed by atoms with Crippen LogP contribution in [0.5, 0.6) is 0 Å². The van der Waals surface area contributed by atoms with Crippen LogP contribution in [0.4, 0.5) is 45.5 Å². The maximum absolute atomic E-state index is 14.7. The molecule has 6 aromatic carbocycles. The van der Waals surface area contributed by atoms with Crippen molar-refractivity contribution in [2.75, 3.05) is 21.3 Å². The highest BCUT2D eigenvalue weighted by Gasteiger charge is 2.21. The number of para-hydroxylation sites is 6. The second kappa shape index (κ2) is 12.9. The largest absolute Gasteiger partial charge is 0.354 e. The summed E-state index contributed by atoms with van der Waals surface area (Å²) < 4.78 is 14.7. The monoisotopic (exact) mass is 565 g/mol. The van der Waals surface area contributed by atoms with Gasteiger partial charge in [-0.15, -0.1) is 0 Å².